The summed E-state index contributed by atoms with van der Waals surface area (Å²) in [5.41, 5.74) is 6.46. The quantitative estimate of drug-likeness (QED) is 0.810. The topological polar surface area (TPSA) is 74.2 Å². The minimum Gasteiger partial charge on any atom is -0.494 e. The molecule has 0 radical (unpaired) electrons. The molecule has 1 heterocycles. The lowest BCUT2D eigenvalue weighted by Crippen LogP contribution is -1.91. The molecule has 5 nitrogen and oxygen atoms in total. The molecular formula is C9H8FN3O2. The minimum atomic E-state index is -0.448. The van der Waals surface area contributed by atoms with Gasteiger partial charge in [0.25, 0.3) is 0 Å². The van der Waals surface area contributed by atoms with Crippen LogP contribution in [0.2, 0.25) is 0 Å². The molecule has 0 aliphatic carbocycles. The Hall–Kier alpha value is -2.11. The molecule has 2 rings (SSSR count). The van der Waals surface area contributed by atoms with Gasteiger partial charge in [0.1, 0.15) is 0 Å². The number of nitrogen functional groups attached to an aromatic ring is 1. The van der Waals surface area contributed by atoms with Gasteiger partial charge in [-0.3, -0.25) is 0 Å². The third-order valence-electron chi connectivity index (χ3n) is 1.94. The van der Waals surface area contributed by atoms with Gasteiger partial charge < -0.3 is 10.5 Å². The zero-order valence-corrected chi connectivity index (χ0v) is 7.90. The molecule has 0 saturated heterocycles. The minimum absolute atomic E-state index is 0.120. The van der Waals surface area contributed by atoms with Gasteiger partial charge in [0.05, 0.1) is 7.11 Å². The van der Waals surface area contributed by atoms with E-state index in [1.54, 1.807) is 0 Å². The number of halogens is 1. The fourth-order valence-corrected chi connectivity index (χ4v) is 1.20. The largest absolute Gasteiger partial charge is 0.494 e. The average Bonchev–Trinajstić information content (AvgIpc) is 2.65. The molecule has 6 heteroatoms. The normalized spacial score (nSPS) is 10.3. The van der Waals surface area contributed by atoms with Crippen LogP contribution in [0.3, 0.4) is 0 Å². The van der Waals surface area contributed by atoms with Crippen LogP contribution in [0.5, 0.6) is 5.75 Å². The lowest BCUT2D eigenvalue weighted by Gasteiger charge is -2.03. The van der Waals surface area contributed by atoms with E-state index >= 15 is 0 Å². The molecule has 0 spiro atoms. The summed E-state index contributed by atoms with van der Waals surface area (Å²) < 4.78 is 22.4. The first-order chi connectivity index (χ1) is 7.22. The first-order valence-corrected chi connectivity index (χ1v) is 4.14. The molecular weight excluding hydrogens is 201 g/mol. The zero-order valence-electron chi connectivity index (χ0n) is 7.90. The second-order valence-corrected chi connectivity index (χ2v) is 2.85. The van der Waals surface area contributed by atoms with E-state index in [-0.39, 0.29) is 11.6 Å². The summed E-state index contributed by atoms with van der Waals surface area (Å²) in [6.45, 7) is 0. The van der Waals surface area contributed by atoms with Gasteiger partial charge in [-0.2, -0.15) is 0 Å². The number of hydrogen-bond donors (Lipinski definition) is 1. The second kappa shape index (κ2) is 3.56. The molecule has 2 N–H and O–H groups in total. The number of benzene rings is 1. The van der Waals surface area contributed by atoms with Gasteiger partial charge in [0, 0.05) is 5.56 Å². The SMILES string of the molecule is COc1cc(-c2nonc2N)ccc1F. The summed E-state index contributed by atoms with van der Waals surface area (Å²) >= 11 is 0. The third kappa shape index (κ3) is 1.61. The number of methoxy groups -OCH3 is 1. The Balaban J connectivity index is 2.51. The third-order valence-corrected chi connectivity index (χ3v) is 1.94. The van der Waals surface area contributed by atoms with Crippen LogP contribution in [0.1, 0.15) is 0 Å². The van der Waals surface area contributed by atoms with Crippen molar-refractivity contribution in [2.45, 2.75) is 0 Å². The van der Waals surface area contributed by atoms with Gasteiger partial charge in [-0.1, -0.05) is 0 Å². The summed E-state index contributed by atoms with van der Waals surface area (Å²) in [4.78, 5) is 0. The standard InChI is InChI=1S/C9H8FN3O2/c1-14-7-4-5(2-3-6(7)10)8-9(11)13-15-12-8/h2-4H,1H3,(H2,11,13). The van der Waals surface area contributed by atoms with E-state index in [4.69, 9.17) is 10.5 Å². The van der Waals surface area contributed by atoms with E-state index in [1.807, 2.05) is 0 Å². The van der Waals surface area contributed by atoms with Gasteiger partial charge in [-0.05, 0) is 28.5 Å². The molecule has 0 unspecified atom stereocenters. The number of rotatable bonds is 2. The maximum atomic E-state index is 13.1. The first-order valence-electron chi connectivity index (χ1n) is 4.14. The molecule has 0 aliphatic heterocycles. The predicted molar refractivity (Wildman–Crippen MR) is 50.7 cm³/mol. The zero-order chi connectivity index (χ0) is 10.8. The van der Waals surface area contributed by atoms with Crippen molar-refractivity contribution < 1.29 is 13.8 Å². The Morgan fingerprint density at radius 3 is 2.80 bits per heavy atom. The number of aromatic nitrogens is 2. The van der Waals surface area contributed by atoms with Crippen LogP contribution in [-0.4, -0.2) is 17.4 Å². The lowest BCUT2D eigenvalue weighted by atomic mass is 10.1. The predicted octanol–water partition coefficient (Wildman–Crippen LogP) is 1.47. The fourth-order valence-electron chi connectivity index (χ4n) is 1.20. The van der Waals surface area contributed by atoms with Crippen LogP contribution >= 0.6 is 0 Å². The van der Waals surface area contributed by atoms with Gasteiger partial charge in [-0.25, -0.2) is 9.02 Å². The van der Waals surface area contributed by atoms with E-state index in [2.05, 4.69) is 14.9 Å². The molecule has 15 heavy (non-hydrogen) atoms. The van der Waals surface area contributed by atoms with Crippen LogP contribution in [0.4, 0.5) is 10.2 Å². The number of nitrogens with two attached hydrogens (primary N) is 1. The van der Waals surface area contributed by atoms with E-state index in [9.17, 15) is 4.39 Å². The molecule has 1 aromatic heterocycles. The van der Waals surface area contributed by atoms with Crippen molar-refractivity contribution in [2.75, 3.05) is 12.8 Å². The molecule has 0 atom stereocenters. The Morgan fingerprint density at radius 1 is 1.40 bits per heavy atom. The number of anilines is 1. The van der Waals surface area contributed by atoms with Gasteiger partial charge in [-0.15, -0.1) is 0 Å². The number of hydrogen-bond acceptors (Lipinski definition) is 5. The summed E-state index contributed by atoms with van der Waals surface area (Å²) in [5, 5.41) is 7.03. The molecule has 0 amide bonds. The highest BCUT2D eigenvalue weighted by atomic mass is 19.1. The summed E-state index contributed by atoms with van der Waals surface area (Å²) in [5.74, 6) is -0.171. The highest BCUT2D eigenvalue weighted by Gasteiger charge is 2.11. The van der Waals surface area contributed by atoms with Crippen LogP contribution in [-0.2, 0) is 0 Å². The molecule has 2 aromatic rings. The van der Waals surface area contributed by atoms with Gasteiger partial charge in [0.2, 0.25) is 0 Å². The number of nitrogens with zero attached hydrogens (tertiary/aromatic N) is 2. The summed E-state index contributed by atoms with van der Waals surface area (Å²) in [6.07, 6.45) is 0. The highest BCUT2D eigenvalue weighted by Crippen LogP contribution is 2.27. The Morgan fingerprint density at radius 2 is 2.20 bits per heavy atom. The molecule has 0 aliphatic rings. The number of ether oxygens (including phenoxy) is 1. The molecule has 78 valence electrons. The van der Waals surface area contributed by atoms with Crippen molar-refractivity contribution in [3.63, 3.8) is 0 Å². The van der Waals surface area contributed by atoms with Gasteiger partial charge >= 0.3 is 0 Å². The fraction of sp³-hybridized carbons (Fsp3) is 0.111. The lowest BCUT2D eigenvalue weighted by molar-refractivity contribution is 0.310. The van der Waals surface area contributed by atoms with Gasteiger partial charge in [0.15, 0.2) is 23.1 Å². The monoisotopic (exact) mass is 209 g/mol. The van der Waals surface area contributed by atoms with Crippen molar-refractivity contribution in [2.24, 2.45) is 0 Å². The maximum Gasteiger partial charge on any atom is 0.196 e. The summed E-state index contributed by atoms with van der Waals surface area (Å²) in [6, 6.07) is 4.27. The summed E-state index contributed by atoms with van der Waals surface area (Å²) in [7, 11) is 1.38. The van der Waals surface area contributed by atoms with E-state index in [1.165, 1.54) is 25.3 Å². The molecule has 1 aromatic carbocycles. The Kier molecular flexibility index (Phi) is 2.24. The van der Waals surface area contributed by atoms with Crippen LogP contribution in [0, 0.1) is 5.82 Å². The first kappa shape index (κ1) is 9.45. The molecule has 0 fully saturated rings. The molecule has 0 saturated carbocycles. The smallest absolute Gasteiger partial charge is 0.196 e. The van der Waals surface area contributed by atoms with Crippen LogP contribution in [0.15, 0.2) is 22.8 Å². The average molecular weight is 209 g/mol. The van der Waals surface area contributed by atoms with Crippen LogP contribution in [0.25, 0.3) is 11.3 Å². The van der Waals surface area contributed by atoms with Crippen molar-refractivity contribution in [1.29, 1.82) is 0 Å². The Bertz CT molecular complexity index is 484. The van der Waals surface area contributed by atoms with Crippen molar-refractivity contribution in [1.82, 2.24) is 10.3 Å². The van der Waals surface area contributed by atoms with E-state index < -0.39 is 5.82 Å². The highest BCUT2D eigenvalue weighted by molar-refractivity contribution is 5.69. The van der Waals surface area contributed by atoms with Crippen molar-refractivity contribution in [3.8, 4) is 17.0 Å². The van der Waals surface area contributed by atoms with Crippen molar-refractivity contribution >= 4 is 5.82 Å². The Labute approximate surface area is 84.6 Å². The molecule has 0 bridgehead atoms. The second-order valence-electron chi connectivity index (χ2n) is 2.85. The maximum absolute atomic E-state index is 13.1. The van der Waals surface area contributed by atoms with Crippen LogP contribution < -0.4 is 10.5 Å². The van der Waals surface area contributed by atoms with Crippen molar-refractivity contribution in [3.05, 3.63) is 24.0 Å². The van der Waals surface area contributed by atoms with E-state index in [0.717, 1.165) is 0 Å². The van der Waals surface area contributed by atoms with E-state index in [0.29, 0.717) is 11.3 Å².